The van der Waals surface area contributed by atoms with Crippen LogP contribution in [0.5, 0.6) is 11.5 Å². The van der Waals surface area contributed by atoms with Crippen molar-refractivity contribution in [3.63, 3.8) is 0 Å². The zero-order valence-electron chi connectivity index (χ0n) is 15.6. The van der Waals surface area contributed by atoms with Gasteiger partial charge in [0.1, 0.15) is 0 Å². The number of nitrogens with zero attached hydrogens (tertiary/aromatic N) is 3. The van der Waals surface area contributed by atoms with Crippen molar-refractivity contribution in [3.05, 3.63) is 63.1 Å². The molecule has 2 heterocycles. The Balaban J connectivity index is 1.66. The molecule has 2 aromatic rings. The third-order valence-corrected chi connectivity index (χ3v) is 6.77. The van der Waals surface area contributed by atoms with Gasteiger partial charge in [-0.1, -0.05) is 33.8 Å². The smallest absolute Gasteiger partial charge is 0.229 e. The summed E-state index contributed by atoms with van der Waals surface area (Å²) in [5, 5.41) is 20.5. The van der Waals surface area contributed by atoms with Gasteiger partial charge in [-0.15, -0.1) is 0 Å². The minimum absolute atomic E-state index is 0.0228. The predicted molar refractivity (Wildman–Crippen MR) is 115 cm³/mol. The summed E-state index contributed by atoms with van der Waals surface area (Å²) in [5.74, 6) is 0.642. The van der Waals surface area contributed by atoms with Gasteiger partial charge in [0, 0.05) is 22.5 Å². The summed E-state index contributed by atoms with van der Waals surface area (Å²) in [4.78, 5) is 16.8. The van der Waals surface area contributed by atoms with Crippen LogP contribution >= 0.6 is 27.7 Å². The molecule has 1 atom stereocenters. The molecule has 1 N–H and O–H groups in total. The Hall–Kier alpha value is -2.63. The van der Waals surface area contributed by atoms with Crippen molar-refractivity contribution in [2.24, 2.45) is 0 Å². The number of ether oxygens (including phenoxy) is 1. The highest BCUT2D eigenvalue weighted by atomic mass is 79.9. The molecule has 4 rings (SSSR count). The summed E-state index contributed by atoms with van der Waals surface area (Å²) in [5.41, 5.74) is 2.39. The van der Waals surface area contributed by atoms with Crippen LogP contribution in [0.2, 0.25) is 0 Å². The minimum atomic E-state index is -0.347. The van der Waals surface area contributed by atoms with Gasteiger partial charge in [-0.05, 0) is 42.0 Å². The number of carbonyl (C=O) groups is 1. The van der Waals surface area contributed by atoms with E-state index in [2.05, 4.69) is 26.9 Å². The minimum Gasteiger partial charge on any atom is -0.504 e. The highest BCUT2D eigenvalue weighted by molar-refractivity contribution is 9.10. The average Bonchev–Trinajstić information content (AvgIpc) is 2.74. The van der Waals surface area contributed by atoms with E-state index in [4.69, 9.17) is 4.74 Å². The van der Waals surface area contributed by atoms with Crippen molar-refractivity contribution in [1.82, 2.24) is 4.90 Å². The lowest BCUT2D eigenvalue weighted by Crippen LogP contribution is -2.47. The maximum Gasteiger partial charge on any atom is 0.229 e. The standard InChI is InChI=1S/C21H18BrN3O3S/c1-28-19-8-13(2-7-18(19)26)16-9-20(27)25-11-24(12-29-21(25)17(16)10-23)15-5-3-14(22)4-6-15/h2-8,16,26H,9,11-12H2,1H3/t16-/m1/s1. The van der Waals surface area contributed by atoms with E-state index in [1.807, 2.05) is 24.3 Å². The Morgan fingerprint density at radius 3 is 2.72 bits per heavy atom. The number of hydrogen-bond acceptors (Lipinski definition) is 6. The first-order valence-corrected chi connectivity index (χ1v) is 10.7. The molecule has 6 nitrogen and oxygen atoms in total. The number of aromatic hydroxyl groups is 1. The lowest BCUT2D eigenvalue weighted by Gasteiger charge is -2.42. The fraction of sp³-hybridized carbons (Fsp3) is 0.238. The van der Waals surface area contributed by atoms with Crippen LogP contribution < -0.4 is 9.64 Å². The molecule has 0 saturated carbocycles. The molecule has 1 saturated heterocycles. The average molecular weight is 472 g/mol. The second-order valence-electron chi connectivity index (χ2n) is 6.77. The molecule has 2 aromatic carbocycles. The van der Waals surface area contributed by atoms with E-state index >= 15 is 0 Å². The molecule has 1 fully saturated rings. The van der Waals surface area contributed by atoms with E-state index in [1.54, 1.807) is 17.0 Å². The van der Waals surface area contributed by atoms with Gasteiger partial charge in [-0.2, -0.15) is 5.26 Å². The van der Waals surface area contributed by atoms with Gasteiger partial charge >= 0.3 is 0 Å². The summed E-state index contributed by atoms with van der Waals surface area (Å²) in [6.07, 6.45) is 0.203. The Kier molecular flexibility index (Phi) is 5.43. The van der Waals surface area contributed by atoms with Gasteiger partial charge in [-0.3, -0.25) is 9.69 Å². The van der Waals surface area contributed by atoms with E-state index in [0.29, 0.717) is 28.9 Å². The first-order valence-electron chi connectivity index (χ1n) is 8.96. The molecule has 0 aliphatic carbocycles. The van der Waals surface area contributed by atoms with Crippen LogP contribution in [0, 0.1) is 11.3 Å². The number of amides is 1. The highest BCUT2D eigenvalue weighted by Crippen LogP contribution is 2.44. The second kappa shape index (κ2) is 8.01. The first kappa shape index (κ1) is 19.7. The number of phenols is 1. The van der Waals surface area contributed by atoms with E-state index in [0.717, 1.165) is 15.7 Å². The normalized spacial score (nSPS) is 19.1. The predicted octanol–water partition coefficient (Wildman–Crippen LogP) is 4.38. The molecule has 0 spiro atoms. The SMILES string of the molecule is COc1cc([C@H]2CC(=O)N3CN(c4ccc(Br)cc4)CSC3=C2C#N)ccc1O. The maximum atomic E-state index is 13.0. The number of benzene rings is 2. The number of fused-ring (bicyclic) bond motifs is 1. The van der Waals surface area contributed by atoms with Crippen LogP contribution in [-0.2, 0) is 4.79 Å². The molecular formula is C21H18BrN3O3S. The zero-order chi connectivity index (χ0) is 20.5. The Morgan fingerprint density at radius 2 is 2.03 bits per heavy atom. The van der Waals surface area contributed by atoms with Crippen LogP contribution in [-0.4, -0.2) is 35.6 Å². The Morgan fingerprint density at radius 1 is 1.28 bits per heavy atom. The van der Waals surface area contributed by atoms with Crippen molar-refractivity contribution >= 4 is 39.3 Å². The summed E-state index contributed by atoms with van der Waals surface area (Å²) in [7, 11) is 1.48. The number of methoxy groups -OCH3 is 1. The summed E-state index contributed by atoms with van der Waals surface area (Å²) in [6, 6.07) is 15.2. The lowest BCUT2D eigenvalue weighted by molar-refractivity contribution is -0.129. The number of anilines is 1. The molecule has 2 aliphatic rings. The van der Waals surface area contributed by atoms with E-state index in [-0.39, 0.29) is 24.0 Å². The number of halogens is 1. The highest BCUT2D eigenvalue weighted by Gasteiger charge is 2.38. The zero-order valence-corrected chi connectivity index (χ0v) is 18.0. The first-order chi connectivity index (χ1) is 14.0. The molecule has 0 aromatic heterocycles. The topological polar surface area (TPSA) is 76.8 Å². The lowest BCUT2D eigenvalue weighted by atomic mass is 9.86. The molecule has 0 bridgehead atoms. The van der Waals surface area contributed by atoms with Crippen LogP contribution in [0.1, 0.15) is 17.9 Å². The molecular weight excluding hydrogens is 454 g/mol. The number of carbonyl (C=O) groups excluding carboxylic acids is 1. The van der Waals surface area contributed by atoms with Gasteiger partial charge in [0.05, 0.1) is 36.3 Å². The number of nitriles is 1. The number of thioether (sulfide) groups is 1. The van der Waals surface area contributed by atoms with Crippen LogP contribution in [0.3, 0.4) is 0 Å². The van der Waals surface area contributed by atoms with Crippen molar-refractivity contribution in [1.29, 1.82) is 5.26 Å². The fourth-order valence-corrected chi connectivity index (χ4v) is 5.01. The van der Waals surface area contributed by atoms with Crippen LogP contribution in [0.15, 0.2) is 57.5 Å². The Labute approximate surface area is 181 Å². The molecule has 0 unspecified atom stereocenters. The van der Waals surface area contributed by atoms with E-state index in [9.17, 15) is 15.2 Å². The van der Waals surface area contributed by atoms with Gasteiger partial charge in [0.2, 0.25) is 5.91 Å². The number of hydrogen-bond donors (Lipinski definition) is 1. The molecule has 2 aliphatic heterocycles. The second-order valence-corrected chi connectivity index (χ2v) is 8.62. The third kappa shape index (κ3) is 3.68. The summed E-state index contributed by atoms with van der Waals surface area (Å²) >= 11 is 4.94. The molecule has 148 valence electrons. The summed E-state index contributed by atoms with van der Waals surface area (Å²) < 4.78 is 6.19. The fourth-order valence-electron chi connectivity index (χ4n) is 3.57. The van der Waals surface area contributed by atoms with Crippen LogP contribution in [0.25, 0.3) is 0 Å². The Bertz CT molecular complexity index is 1030. The molecule has 0 radical (unpaired) electrons. The van der Waals surface area contributed by atoms with Crippen LogP contribution in [0.4, 0.5) is 5.69 Å². The quantitative estimate of drug-likeness (QED) is 0.715. The summed E-state index contributed by atoms with van der Waals surface area (Å²) in [6.45, 7) is 0.416. The van der Waals surface area contributed by atoms with Gasteiger partial charge in [-0.25, -0.2) is 0 Å². The third-order valence-electron chi connectivity index (χ3n) is 5.09. The van der Waals surface area contributed by atoms with E-state index in [1.165, 1.54) is 24.9 Å². The van der Waals surface area contributed by atoms with Gasteiger partial charge in [0.25, 0.3) is 0 Å². The number of phenolic OH excluding ortho intramolecular Hbond substituents is 1. The number of allylic oxidation sites excluding steroid dienone is 1. The monoisotopic (exact) mass is 471 g/mol. The van der Waals surface area contributed by atoms with Gasteiger partial charge in [0.15, 0.2) is 11.5 Å². The molecule has 8 heteroatoms. The van der Waals surface area contributed by atoms with Crippen molar-refractivity contribution in [3.8, 4) is 17.6 Å². The molecule has 29 heavy (non-hydrogen) atoms. The van der Waals surface area contributed by atoms with Crippen molar-refractivity contribution in [2.75, 3.05) is 24.6 Å². The maximum absolute atomic E-state index is 13.0. The largest absolute Gasteiger partial charge is 0.504 e. The van der Waals surface area contributed by atoms with Crippen molar-refractivity contribution < 1.29 is 14.6 Å². The number of rotatable bonds is 3. The van der Waals surface area contributed by atoms with Crippen molar-refractivity contribution in [2.45, 2.75) is 12.3 Å². The van der Waals surface area contributed by atoms with Gasteiger partial charge < -0.3 is 14.7 Å². The van der Waals surface area contributed by atoms with E-state index < -0.39 is 0 Å². The molecule has 1 amide bonds.